The zero-order valence-electron chi connectivity index (χ0n) is 20.4. The van der Waals surface area contributed by atoms with Crippen LogP contribution >= 0.6 is 22.9 Å². The standard InChI is InChI=1S/C30H26ClN3O2S/c1-36-18-17-32-29(35)24-11-9-21(10-12-24)19-34(28-8-4-6-22-5-2-3-7-26(22)28)30-33-27(20-37-30)23-13-15-25(31)16-14-23/h2-16,20H,17-19H2,1H3,(H,32,35). The Morgan fingerprint density at radius 1 is 0.973 bits per heavy atom. The topological polar surface area (TPSA) is 54.5 Å². The number of carbonyl (C=O) groups excluding carboxylic acids is 1. The zero-order chi connectivity index (χ0) is 25.6. The van der Waals surface area contributed by atoms with Gasteiger partial charge in [-0.05, 0) is 41.3 Å². The van der Waals surface area contributed by atoms with E-state index in [1.54, 1.807) is 18.4 Å². The summed E-state index contributed by atoms with van der Waals surface area (Å²) in [7, 11) is 1.61. The molecule has 186 valence electrons. The molecule has 0 aliphatic rings. The van der Waals surface area contributed by atoms with E-state index in [-0.39, 0.29) is 5.91 Å². The van der Waals surface area contributed by atoms with Crippen molar-refractivity contribution in [2.24, 2.45) is 0 Å². The van der Waals surface area contributed by atoms with E-state index in [2.05, 4.69) is 58.1 Å². The van der Waals surface area contributed by atoms with E-state index >= 15 is 0 Å². The van der Waals surface area contributed by atoms with Crippen LogP contribution in [0.4, 0.5) is 10.8 Å². The Morgan fingerprint density at radius 2 is 1.73 bits per heavy atom. The molecule has 0 aliphatic heterocycles. The Bertz CT molecular complexity index is 1490. The van der Waals surface area contributed by atoms with Crippen LogP contribution in [0.2, 0.25) is 5.02 Å². The molecule has 1 aromatic heterocycles. The number of thiazole rings is 1. The molecule has 0 saturated heterocycles. The molecule has 1 N–H and O–H groups in total. The highest BCUT2D eigenvalue weighted by Gasteiger charge is 2.18. The van der Waals surface area contributed by atoms with Crippen LogP contribution in [0.25, 0.3) is 22.0 Å². The van der Waals surface area contributed by atoms with Gasteiger partial charge in [-0.3, -0.25) is 4.79 Å². The van der Waals surface area contributed by atoms with Gasteiger partial charge in [-0.15, -0.1) is 11.3 Å². The Balaban J connectivity index is 1.48. The molecule has 0 saturated carbocycles. The SMILES string of the molecule is COCCNC(=O)c1ccc(CN(c2nc(-c3ccc(Cl)cc3)cs2)c2cccc3ccccc23)cc1. The van der Waals surface area contributed by atoms with Gasteiger partial charge in [0.1, 0.15) is 0 Å². The summed E-state index contributed by atoms with van der Waals surface area (Å²) in [6, 6.07) is 30.1. The van der Waals surface area contributed by atoms with Crippen LogP contribution in [0.5, 0.6) is 0 Å². The Labute approximate surface area is 225 Å². The van der Waals surface area contributed by atoms with E-state index < -0.39 is 0 Å². The Morgan fingerprint density at radius 3 is 2.51 bits per heavy atom. The second-order valence-corrected chi connectivity index (χ2v) is 9.83. The van der Waals surface area contributed by atoms with Crippen molar-refractivity contribution < 1.29 is 9.53 Å². The summed E-state index contributed by atoms with van der Waals surface area (Å²) in [6.45, 7) is 1.56. The molecular formula is C30H26ClN3O2S. The van der Waals surface area contributed by atoms with Gasteiger partial charge in [0.25, 0.3) is 5.91 Å². The first-order chi connectivity index (χ1) is 18.1. The third kappa shape index (κ3) is 5.83. The largest absolute Gasteiger partial charge is 0.383 e. The van der Waals surface area contributed by atoms with Gasteiger partial charge < -0.3 is 15.0 Å². The normalized spacial score (nSPS) is 11.0. The number of nitrogens with one attached hydrogen (secondary N) is 1. The predicted octanol–water partition coefficient (Wildman–Crippen LogP) is 7.33. The number of aromatic nitrogens is 1. The van der Waals surface area contributed by atoms with Gasteiger partial charge >= 0.3 is 0 Å². The highest BCUT2D eigenvalue weighted by molar-refractivity contribution is 7.14. The van der Waals surface area contributed by atoms with Crippen LogP contribution < -0.4 is 10.2 Å². The molecule has 1 heterocycles. The second kappa shape index (κ2) is 11.6. The van der Waals surface area contributed by atoms with E-state index in [9.17, 15) is 4.79 Å². The first-order valence-electron chi connectivity index (χ1n) is 12.0. The molecule has 0 aliphatic carbocycles. The molecule has 0 unspecified atom stereocenters. The molecule has 5 nitrogen and oxygen atoms in total. The lowest BCUT2D eigenvalue weighted by Crippen LogP contribution is -2.26. The minimum atomic E-state index is -0.109. The average Bonchev–Trinajstić information content (AvgIpc) is 3.42. The van der Waals surface area contributed by atoms with Crippen LogP contribution in [-0.4, -0.2) is 31.2 Å². The molecule has 0 fully saturated rings. The van der Waals surface area contributed by atoms with Crippen LogP contribution in [0.3, 0.4) is 0 Å². The highest BCUT2D eigenvalue weighted by Crippen LogP contribution is 2.37. The van der Waals surface area contributed by atoms with Crippen molar-refractivity contribution in [3.63, 3.8) is 0 Å². The van der Waals surface area contributed by atoms with Gasteiger partial charge in [0.15, 0.2) is 5.13 Å². The third-order valence-corrected chi connectivity index (χ3v) is 7.18. The van der Waals surface area contributed by atoms with Gasteiger partial charge in [-0.1, -0.05) is 72.3 Å². The number of fused-ring (bicyclic) bond motifs is 1. The molecule has 37 heavy (non-hydrogen) atoms. The minimum absolute atomic E-state index is 0.109. The van der Waals surface area contributed by atoms with Gasteiger partial charge in [0, 0.05) is 40.6 Å². The number of benzene rings is 4. The smallest absolute Gasteiger partial charge is 0.251 e. The number of hydrogen-bond acceptors (Lipinski definition) is 5. The maximum atomic E-state index is 12.4. The Kier molecular flexibility index (Phi) is 7.80. The lowest BCUT2D eigenvalue weighted by molar-refractivity contribution is 0.0937. The maximum absolute atomic E-state index is 12.4. The summed E-state index contributed by atoms with van der Waals surface area (Å²) in [5.41, 5.74) is 4.70. The first-order valence-corrected chi connectivity index (χ1v) is 13.2. The molecule has 0 spiro atoms. The van der Waals surface area contributed by atoms with Crippen LogP contribution in [-0.2, 0) is 11.3 Å². The molecule has 1 amide bonds. The first kappa shape index (κ1) is 25.0. The summed E-state index contributed by atoms with van der Waals surface area (Å²) >= 11 is 7.69. The van der Waals surface area contributed by atoms with Gasteiger partial charge in [0.05, 0.1) is 24.5 Å². The van der Waals surface area contributed by atoms with Crippen molar-refractivity contribution in [2.75, 3.05) is 25.2 Å². The van der Waals surface area contributed by atoms with E-state index in [4.69, 9.17) is 21.3 Å². The molecule has 0 radical (unpaired) electrons. The number of amides is 1. The quantitative estimate of drug-likeness (QED) is 0.204. The van der Waals surface area contributed by atoms with E-state index in [1.807, 2.05) is 48.5 Å². The van der Waals surface area contributed by atoms with Gasteiger partial charge in [-0.2, -0.15) is 0 Å². The fourth-order valence-electron chi connectivity index (χ4n) is 4.15. The second-order valence-electron chi connectivity index (χ2n) is 8.55. The summed E-state index contributed by atoms with van der Waals surface area (Å²) in [4.78, 5) is 19.6. The number of anilines is 2. The summed E-state index contributed by atoms with van der Waals surface area (Å²) < 4.78 is 5.01. The average molecular weight is 528 g/mol. The van der Waals surface area contributed by atoms with Crippen molar-refractivity contribution >= 4 is 50.4 Å². The molecule has 5 aromatic rings. The third-order valence-electron chi connectivity index (χ3n) is 6.07. The number of halogens is 1. The van der Waals surface area contributed by atoms with Crippen molar-refractivity contribution in [1.29, 1.82) is 0 Å². The molecule has 4 aromatic carbocycles. The minimum Gasteiger partial charge on any atom is -0.383 e. The van der Waals surface area contributed by atoms with Crippen LogP contribution in [0.1, 0.15) is 15.9 Å². The number of ether oxygens (including phenoxy) is 1. The lowest BCUT2D eigenvalue weighted by atomic mass is 10.1. The summed E-state index contributed by atoms with van der Waals surface area (Å²) in [6.07, 6.45) is 0. The lowest BCUT2D eigenvalue weighted by Gasteiger charge is -2.24. The monoisotopic (exact) mass is 527 g/mol. The van der Waals surface area contributed by atoms with E-state index in [0.29, 0.717) is 30.3 Å². The number of methoxy groups -OCH3 is 1. The zero-order valence-corrected chi connectivity index (χ0v) is 21.9. The predicted molar refractivity (Wildman–Crippen MR) is 153 cm³/mol. The van der Waals surface area contributed by atoms with Crippen LogP contribution in [0.15, 0.2) is 96.4 Å². The van der Waals surface area contributed by atoms with Crippen LogP contribution in [0, 0.1) is 0 Å². The van der Waals surface area contributed by atoms with Gasteiger partial charge in [-0.25, -0.2) is 4.98 Å². The van der Waals surface area contributed by atoms with Crippen molar-refractivity contribution in [2.45, 2.75) is 6.54 Å². The van der Waals surface area contributed by atoms with Crippen molar-refractivity contribution in [3.05, 3.63) is 113 Å². The highest BCUT2D eigenvalue weighted by atomic mass is 35.5. The van der Waals surface area contributed by atoms with E-state index in [1.165, 1.54) is 5.39 Å². The number of carbonyl (C=O) groups is 1. The molecule has 5 rings (SSSR count). The molecule has 7 heteroatoms. The van der Waals surface area contributed by atoms with Crippen molar-refractivity contribution in [1.82, 2.24) is 10.3 Å². The number of rotatable bonds is 9. The Hall–Kier alpha value is -3.71. The van der Waals surface area contributed by atoms with E-state index in [0.717, 1.165) is 33.0 Å². The summed E-state index contributed by atoms with van der Waals surface area (Å²) in [5.74, 6) is -0.109. The van der Waals surface area contributed by atoms with Crippen molar-refractivity contribution in [3.8, 4) is 11.3 Å². The van der Waals surface area contributed by atoms with Gasteiger partial charge in [0.2, 0.25) is 0 Å². The fraction of sp³-hybridized carbons (Fsp3) is 0.133. The summed E-state index contributed by atoms with van der Waals surface area (Å²) in [5, 5.41) is 8.85. The molecular weight excluding hydrogens is 502 g/mol. The fourth-order valence-corrected chi connectivity index (χ4v) is 5.13. The number of hydrogen-bond donors (Lipinski definition) is 1. The molecule has 0 bridgehead atoms. The molecule has 0 atom stereocenters. The maximum Gasteiger partial charge on any atom is 0.251 e. The number of nitrogens with zero attached hydrogens (tertiary/aromatic N) is 2.